The Balaban J connectivity index is 1.98. The Kier molecular flexibility index (Phi) is 5.23. The fraction of sp³-hybridized carbons (Fsp3) is 0.409. The number of fused-ring (bicyclic) bond motifs is 1. The standard InChI is InChI=1S/C22H30N2OSi/c1-15(2)26(16(3)4,17(5)6)25-19-10-11-20-18(13-19)14-22(24-20)21-9-7-8-12-23-21/h7-17,24H,1-6H3. The maximum Gasteiger partial charge on any atom is 0.258 e. The number of benzene rings is 1. The fourth-order valence-electron chi connectivity index (χ4n) is 4.39. The second-order valence-electron chi connectivity index (χ2n) is 8.07. The lowest BCUT2D eigenvalue weighted by Gasteiger charge is -2.42. The monoisotopic (exact) mass is 366 g/mol. The summed E-state index contributed by atoms with van der Waals surface area (Å²) in [5.41, 5.74) is 4.80. The molecule has 0 fully saturated rings. The molecule has 0 atom stereocenters. The van der Waals surface area contributed by atoms with Crippen molar-refractivity contribution in [3.63, 3.8) is 0 Å². The van der Waals surface area contributed by atoms with E-state index in [0.29, 0.717) is 16.6 Å². The van der Waals surface area contributed by atoms with Gasteiger partial charge in [0.1, 0.15) is 5.75 Å². The number of aromatic nitrogens is 2. The van der Waals surface area contributed by atoms with Crippen LogP contribution in [0.5, 0.6) is 5.75 Å². The van der Waals surface area contributed by atoms with Gasteiger partial charge in [-0.05, 0) is 53.0 Å². The molecule has 0 saturated heterocycles. The molecule has 0 aliphatic carbocycles. The van der Waals surface area contributed by atoms with Gasteiger partial charge in [0.25, 0.3) is 8.32 Å². The number of hydrogen-bond acceptors (Lipinski definition) is 2. The first-order valence-corrected chi connectivity index (χ1v) is 11.7. The van der Waals surface area contributed by atoms with Gasteiger partial charge >= 0.3 is 0 Å². The first kappa shape index (κ1) is 18.7. The molecule has 138 valence electrons. The predicted octanol–water partition coefficient (Wildman–Crippen LogP) is 6.78. The molecule has 1 aromatic carbocycles. The van der Waals surface area contributed by atoms with Crippen molar-refractivity contribution >= 4 is 19.2 Å². The molecule has 2 heterocycles. The SMILES string of the molecule is CC(C)[Si](Oc1ccc2[nH]c(-c3ccccn3)cc2c1)(C(C)C)C(C)C. The van der Waals surface area contributed by atoms with E-state index in [9.17, 15) is 0 Å². The third-order valence-corrected chi connectivity index (χ3v) is 11.5. The topological polar surface area (TPSA) is 37.9 Å². The smallest absolute Gasteiger partial charge is 0.258 e. The molecule has 3 nitrogen and oxygen atoms in total. The van der Waals surface area contributed by atoms with Crippen LogP contribution in [-0.4, -0.2) is 18.3 Å². The third kappa shape index (κ3) is 3.30. The van der Waals surface area contributed by atoms with Gasteiger partial charge in [-0.1, -0.05) is 47.6 Å². The molecule has 0 amide bonds. The summed E-state index contributed by atoms with van der Waals surface area (Å²) in [7, 11) is -1.94. The molecule has 4 heteroatoms. The maximum atomic E-state index is 6.82. The molecular weight excluding hydrogens is 336 g/mol. The fourth-order valence-corrected chi connectivity index (χ4v) is 9.63. The third-order valence-electron chi connectivity index (χ3n) is 5.53. The molecule has 0 bridgehead atoms. The Morgan fingerprint density at radius 2 is 1.58 bits per heavy atom. The zero-order valence-corrected chi connectivity index (χ0v) is 17.7. The Hall–Kier alpha value is -2.07. The highest BCUT2D eigenvalue weighted by Crippen LogP contribution is 2.43. The first-order valence-electron chi connectivity index (χ1n) is 9.57. The van der Waals surface area contributed by atoms with E-state index in [1.54, 1.807) is 0 Å². The summed E-state index contributed by atoms with van der Waals surface area (Å²) >= 11 is 0. The molecule has 0 aliphatic rings. The van der Waals surface area contributed by atoms with Crippen molar-refractivity contribution in [3.05, 3.63) is 48.7 Å². The van der Waals surface area contributed by atoms with Crippen LogP contribution >= 0.6 is 0 Å². The minimum atomic E-state index is -1.94. The molecule has 0 spiro atoms. The molecule has 3 rings (SSSR count). The Bertz CT molecular complexity index is 846. The highest BCUT2D eigenvalue weighted by molar-refractivity contribution is 6.78. The van der Waals surface area contributed by atoms with Crippen LogP contribution in [0, 0.1) is 0 Å². The number of nitrogens with zero attached hydrogens (tertiary/aromatic N) is 1. The van der Waals surface area contributed by atoms with E-state index in [2.05, 4.69) is 75.8 Å². The number of pyridine rings is 1. The van der Waals surface area contributed by atoms with Crippen molar-refractivity contribution < 1.29 is 4.43 Å². The van der Waals surface area contributed by atoms with Crippen molar-refractivity contribution in [1.82, 2.24) is 9.97 Å². The minimum Gasteiger partial charge on any atom is -0.543 e. The lowest BCUT2D eigenvalue weighted by Crippen LogP contribution is -2.50. The molecule has 0 unspecified atom stereocenters. The number of hydrogen-bond donors (Lipinski definition) is 1. The van der Waals surface area contributed by atoms with E-state index >= 15 is 0 Å². The van der Waals surface area contributed by atoms with Crippen LogP contribution in [0.25, 0.3) is 22.3 Å². The van der Waals surface area contributed by atoms with E-state index in [4.69, 9.17) is 4.43 Å². The number of nitrogens with one attached hydrogen (secondary N) is 1. The largest absolute Gasteiger partial charge is 0.543 e. The molecule has 0 aliphatic heterocycles. The summed E-state index contributed by atoms with van der Waals surface area (Å²) in [4.78, 5) is 7.90. The van der Waals surface area contributed by atoms with Gasteiger partial charge in [-0.25, -0.2) is 0 Å². The number of rotatable bonds is 6. The van der Waals surface area contributed by atoms with Gasteiger partial charge in [0, 0.05) is 17.1 Å². The summed E-state index contributed by atoms with van der Waals surface area (Å²) in [5, 5.41) is 1.17. The second kappa shape index (κ2) is 7.27. The Morgan fingerprint density at radius 3 is 2.15 bits per heavy atom. The molecule has 26 heavy (non-hydrogen) atoms. The summed E-state index contributed by atoms with van der Waals surface area (Å²) in [6.45, 7) is 13.9. The van der Waals surface area contributed by atoms with Crippen LogP contribution < -0.4 is 4.43 Å². The zero-order valence-electron chi connectivity index (χ0n) is 16.7. The molecule has 3 aromatic rings. The molecule has 2 aromatic heterocycles. The summed E-state index contributed by atoms with van der Waals surface area (Å²) in [5.74, 6) is 0.992. The molecule has 0 radical (unpaired) electrons. The van der Waals surface area contributed by atoms with Crippen molar-refractivity contribution in [1.29, 1.82) is 0 Å². The lowest BCUT2D eigenvalue weighted by atomic mass is 10.2. The maximum absolute atomic E-state index is 6.82. The van der Waals surface area contributed by atoms with Gasteiger partial charge in [-0.15, -0.1) is 0 Å². The summed E-state index contributed by atoms with van der Waals surface area (Å²) < 4.78 is 6.82. The van der Waals surface area contributed by atoms with Crippen LogP contribution in [-0.2, 0) is 0 Å². The van der Waals surface area contributed by atoms with Gasteiger partial charge in [-0.2, -0.15) is 0 Å². The molecular formula is C22H30N2OSi. The van der Waals surface area contributed by atoms with E-state index < -0.39 is 8.32 Å². The van der Waals surface area contributed by atoms with Crippen molar-refractivity contribution in [2.24, 2.45) is 0 Å². The highest BCUT2D eigenvalue weighted by Gasteiger charge is 2.46. The molecule has 1 N–H and O–H groups in total. The van der Waals surface area contributed by atoms with E-state index in [1.165, 1.54) is 5.39 Å². The normalized spacial score (nSPS) is 12.5. The van der Waals surface area contributed by atoms with Gasteiger partial charge in [0.15, 0.2) is 0 Å². The van der Waals surface area contributed by atoms with Crippen LogP contribution in [0.1, 0.15) is 41.5 Å². The van der Waals surface area contributed by atoms with Gasteiger partial charge < -0.3 is 9.41 Å². The van der Waals surface area contributed by atoms with Gasteiger partial charge in [0.05, 0.1) is 11.4 Å². The highest BCUT2D eigenvalue weighted by atomic mass is 28.4. The van der Waals surface area contributed by atoms with Crippen LogP contribution in [0.15, 0.2) is 48.7 Å². The lowest BCUT2D eigenvalue weighted by molar-refractivity contribution is 0.480. The van der Waals surface area contributed by atoms with E-state index in [1.807, 2.05) is 24.4 Å². The average molecular weight is 367 g/mol. The second-order valence-corrected chi connectivity index (χ2v) is 13.4. The van der Waals surface area contributed by atoms with E-state index in [0.717, 1.165) is 22.7 Å². The Labute approximate surface area is 158 Å². The Morgan fingerprint density at radius 1 is 0.885 bits per heavy atom. The van der Waals surface area contributed by atoms with Crippen LogP contribution in [0.3, 0.4) is 0 Å². The minimum absolute atomic E-state index is 0.563. The first-order chi connectivity index (χ1) is 12.3. The van der Waals surface area contributed by atoms with Crippen LogP contribution in [0.4, 0.5) is 0 Å². The van der Waals surface area contributed by atoms with E-state index in [-0.39, 0.29) is 0 Å². The average Bonchev–Trinajstić information content (AvgIpc) is 3.02. The van der Waals surface area contributed by atoms with Crippen molar-refractivity contribution in [2.45, 2.75) is 58.2 Å². The zero-order chi connectivity index (χ0) is 18.9. The van der Waals surface area contributed by atoms with Crippen LogP contribution in [0.2, 0.25) is 16.6 Å². The van der Waals surface area contributed by atoms with Gasteiger partial charge in [0.2, 0.25) is 0 Å². The summed E-state index contributed by atoms with van der Waals surface area (Å²) in [6, 6.07) is 14.5. The molecule has 0 saturated carbocycles. The summed E-state index contributed by atoms with van der Waals surface area (Å²) in [6.07, 6.45) is 1.82. The predicted molar refractivity (Wildman–Crippen MR) is 113 cm³/mol. The number of aromatic amines is 1. The number of H-pyrrole nitrogens is 1. The quantitative estimate of drug-likeness (QED) is 0.488. The van der Waals surface area contributed by atoms with Crippen molar-refractivity contribution in [3.8, 4) is 17.1 Å². The van der Waals surface area contributed by atoms with Crippen molar-refractivity contribution in [2.75, 3.05) is 0 Å². The van der Waals surface area contributed by atoms with Gasteiger partial charge in [-0.3, -0.25) is 4.98 Å².